The van der Waals surface area contributed by atoms with Crippen LogP contribution < -0.4 is 0 Å². The lowest BCUT2D eigenvalue weighted by Gasteiger charge is -2.02. The van der Waals surface area contributed by atoms with E-state index in [-0.39, 0.29) is 0 Å². The van der Waals surface area contributed by atoms with Gasteiger partial charge in [-0.15, -0.1) is 10.2 Å². The summed E-state index contributed by atoms with van der Waals surface area (Å²) in [5, 5.41) is 8.13. The van der Waals surface area contributed by atoms with Crippen molar-refractivity contribution in [2.24, 2.45) is 0 Å². The molecule has 70 valence electrons. The highest BCUT2D eigenvalue weighted by Crippen LogP contribution is 2.25. The Labute approximate surface area is 82.4 Å². The Bertz CT molecular complexity index is 459. The molecule has 1 aliphatic rings. The first-order chi connectivity index (χ1) is 6.95. The topological polar surface area (TPSA) is 30.7 Å². The third-order valence-corrected chi connectivity index (χ3v) is 2.72. The van der Waals surface area contributed by atoms with Crippen LogP contribution in [0.3, 0.4) is 0 Å². The van der Waals surface area contributed by atoms with E-state index in [0.29, 0.717) is 0 Å². The van der Waals surface area contributed by atoms with Crippen LogP contribution in [0.25, 0.3) is 11.4 Å². The van der Waals surface area contributed by atoms with E-state index in [0.717, 1.165) is 18.8 Å². The zero-order chi connectivity index (χ0) is 9.38. The molecule has 3 heteroatoms. The average molecular weight is 185 g/mol. The number of nitrogens with zero attached hydrogens (tertiary/aromatic N) is 3. The highest BCUT2D eigenvalue weighted by Gasteiger charge is 2.14. The van der Waals surface area contributed by atoms with Crippen molar-refractivity contribution >= 4 is 0 Å². The molecule has 2 aromatic rings. The van der Waals surface area contributed by atoms with Gasteiger partial charge in [0, 0.05) is 12.1 Å². The second-order valence-corrected chi connectivity index (χ2v) is 3.61. The molecule has 2 heterocycles. The van der Waals surface area contributed by atoms with Crippen LogP contribution in [0.1, 0.15) is 12.0 Å². The molecule has 3 rings (SSSR count). The van der Waals surface area contributed by atoms with E-state index in [1.54, 1.807) is 0 Å². The zero-order valence-electron chi connectivity index (χ0n) is 7.85. The number of rotatable bonds is 0. The summed E-state index contributed by atoms with van der Waals surface area (Å²) in [6, 6.07) is 8.45. The van der Waals surface area contributed by atoms with Gasteiger partial charge in [0.25, 0.3) is 0 Å². The first kappa shape index (κ1) is 7.74. The molecule has 0 saturated carbocycles. The maximum atomic E-state index is 4.17. The molecule has 1 aromatic heterocycles. The summed E-state index contributed by atoms with van der Waals surface area (Å²) < 4.78 is 2.13. The predicted molar refractivity (Wildman–Crippen MR) is 53.8 cm³/mol. The second kappa shape index (κ2) is 2.94. The molecule has 0 fully saturated rings. The van der Waals surface area contributed by atoms with Crippen molar-refractivity contribution in [1.29, 1.82) is 0 Å². The fraction of sp³-hybridized carbons (Fsp3) is 0.273. The molecule has 0 saturated heterocycles. The number of aromatic nitrogens is 3. The molecule has 0 radical (unpaired) electrons. The number of hydrogen-bond acceptors (Lipinski definition) is 2. The van der Waals surface area contributed by atoms with Crippen molar-refractivity contribution in [2.75, 3.05) is 0 Å². The summed E-state index contributed by atoms with van der Waals surface area (Å²) in [4.78, 5) is 0. The van der Waals surface area contributed by atoms with E-state index >= 15 is 0 Å². The molecule has 1 aromatic carbocycles. The van der Waals surface area contributed by atoms with Gasteiger partial charge in [-0.3, -0.25) is 0 Å². The maximum Gasteiger partial charge on any atom is 0.164 e. The summed E-state index contributed by atoms with van der Waals surface area (Å²) in [5.74, 6) is 1.01. The molecule has 0 amide bonds. The quantitative estimate of drug-likeness (QED) is 0.627. The molecule has 3 nitrogen and oxygen atoms in total. The van der Waals surface area contributed by atoms with Crippen LogP contribution >= 0.6 is 0 Å². The van der Waals surface area contributed by atoms with E-state index in [4.69, 9.17) is 0 Å². The number of benzene rings is 1. The van der Waals surface area contributed by atoms with Crippen LogP contribution in [0.15, 0.2) is 30.6 Å². The van der Waals surface area contributed by atoms with Crippen LogP contribution in [0.5, 0.6) is 0 Å². The number of aryl methyl sites for hydroxylation is 2. The summed E-state index contributed by atoms with van der Waals surface area (Å²) in [6.07, 6.45) is 4.12. The van der Waals surface area contributed by atoms with Crippen LogP contribution in [-0.4, -0.2) is 14.8 Å². The molecular weight excluding hydrogens is 174 g/mol. The SMILES string of the molecule is c1ccc2c(c1)CCCn1cnnc1-2. The lowest BCUT2D eigenvalue weighted by molar-refractivity contribution is 0.659. The van der Waals surface area contributed by atoms with Gasteiger partial charge in [0.05, 0.1) is 0 Å². The predicted octanol–water partition coefficient (Wildman–Crippen LogP) is 1.89. The largest absolute Gasteiger partial charge is 0.314 e. The van der Waals surface area contributed by atoms with Crippen molar-refractivity contribution in [3.63, 3.8) is 0 Å². The lowest BCUT2D eigenvalue weighted by Crippen LogP contribution is -1.95. The molecule has 1 aliphatic heterocycles. The van der Waals surface area contributed by atoms with Gasteiger partial charge in [0.1, 0.15) is 6.33 Å². The smallest absolute Gasteiger partial charge is 0.164 e. The highest BCUT2D eigenvalue weighted by molar-refractivity contribution is 5.60. The summed E-state index contributed by atoms with van der Waals surface area (Å²) in [5.41, 5.74) is 2.63. The molecular formula is C11H11N3. The van der Waals surface area contributed by atoms with Crippen molar-refractivity contribution in [1.82, 2.24) is 14.8 Å². The summed E-state index contributed by atoms with van der Waals surface area (Å²) in [6.45, 7) is 1.02. The molecule has 0 aliphatic carbocycles. The maximum absolute atomic E-state index is 4.17. The van der Waals surface area contributed by atoms with Crippen molar-refractivity contribution in [3.05, 3.63) is 36.2 Å². The average Bonchev–Trinajstić information content (AvgIpc) is 2.61. The monoisotopic (exact) mass is 185 g/mol. The van der Waals surface area contributed by atoms with Gasteiger partial charge in [0.15, 0.2) is 5.82 Å². The van der Waals surface area contributed by atoms with E-state index in [9.17, 15) is 0 Å². The van der Waals surface area contributed by atoms with Crippen molar-refractivity contribution in [3.8, 4) is 11.4 Å². The number of hydrogen-bond donors (Lipinski definition) is 0. The van der Waals surface area contributed by atoms with Gasteiger partial charge in [-0.1, -0.05) is 24.3 Å². The molecule has 0 bridgehead atoms. The zero-order valence-corrected chi connectivity index (χ0v) is 7.85. The third kappa shape index (κ3) is 1.05. The minimum Gasteiger partial charge on any atom is -0.314 e. The fourth-order valence-electron chi connectivity index (χ4n) is 2.02. The summed E-state index contributed by atoms with van der Waals surface area (Å²) in [7, 11) is 0. The van der Waals surface area contributed by atoms with Crippen molar-refractivity contribution in [2.45, 2.75) is 19.4 Å². The van der Waals surface area contributed by atoms with Crippen LogP contribution in [0.4, 0.5) is 0 Å². The minimum absolute atomic E-state index is 1.01. The Balaban J connectivity index is 2.27. The normalized spacial score (nSPS) is 14.3. The van der Waals surface area contributed by atoms with Crippen LogP contribution in [0.2, 0.25) is 0 Å². The van der Waals surface area contributed by atoms with Crippen LogP contribution in [-0.2, 0) is 13.0 Å². The van der Waals surface area contributed by atoms with Gasteiger partial charge in [0.2, 0.25) is 0 Å². The van der Waals surface area contributed by atoms with Gasteiger partial charge >= 0.3 is 0 Å². The third-order valence-electron chi connectivity index (χ3n) is 2.72. The van der Waals surface area contributed by atoms with Crippen LogP contribution in [0, 0.1) is 0 Å². The molecule has 0 N–H and O–H groups in total. The molecule has 14 heavy (non-hydrogen) atoms. The van der Waals surface area contributed by atoms with Gasteiger partial charge in [-0.05, 0) is 18.4 Å². The number of fused-ring (bicyclic) bond motifs is 3. The van der Waals surface area contributed by atoms with Gasteiger partial charge in [-0.25, -0.2) is 0 Å². The van der Waals surface area contributed by atoms with Crippen molar-refractivity contribution < 1.29 is 0 Å². The Morgan fingerprint density at radius 2 is 2.14 bits per heavy atom. The van der Waals surface area contributed by atoms with E-state index < -0.39 is 0 Å². The Kier molecular flexibility index (Phi) is 1.63. The Morgan fingerprint density at radius 1 is 1.21 bits per heavy atom. The molecule has 0 unspecified atom stereocenters. The summed E-state index contributed by atoms with van der Waals surface area (Å²) >= 11 is 0. The van der Waals surface area contributed by atoms with Gasteiger partial charge in [-0.2, -0.15) is 0 Å². The van der Waals surface area contributed by atoms with Gasteiger partial charge < -0.3 is 4.57 Å². The first-order valence-corrected chi connectivity index (χ1v) is 4.91. The van der Waals surface area contributed by atoms with E-state index in [1.165, 1.54) is 17.5 Å². The minimum atomic E-state index is 1.01. The lowest BCUT2D eigenvalue weighted by atomic mass is 10.0. The highest BCUT2D eigenvalue weighted by atomic mass is 15.3. The van der Waals surface area contributed by atoms with E-state index in [2.05, 4.69) is 39.0 Å². The molecule has 0 spiro atoms. The second-order valence-electron chi connectivity index (χ2n) is 3.61. The first-order valence-electron chi connectivity index (χ1n) is 4.91. The Hall–Kier alpha value is -1.64. The fourth-order valence-corrected chi connectivity index (χ4v) is 2.02. The standard InChI is InChI=1S/C11H11N3/c1-2-6-10-9(4-1)5-3-7-14-8-12-13-11(10)14/h1-2,4,6,8H,3,5,7H2. The molecule has 0 atom stereocenters. The Morgan fingerprint density at radius 3 is 3.14 bits per heavy atom. The van der Waals surface area contributed by atoms with E-state index in [1.807, 2.05) is 6.33 Å².